The fourth-order valence-electron chi connectivity index (χ4n) is 2.28. The van der Waals surface area contributed by atoms with Crippen LogP contribution in [0.1, 0.15) is 22.0 Å². The zero-order chi connectivity index (χ0) is 15.0. The number of carbonyl (C=O) groups is 2. The Hall–Kier alpha value is -2.89. The van der Waals surface area contributed by atoms with Gasteiger partial charge in [-0.1, -0.05) is 18.2 Å². The van der Waals surface area contributed by atoms with Crippen molar-refractivity contribution in [2.45, 2.75) is 6.04 Å². The normalized spacial score (nSPS) is 16.2. The predicted octanol–water partition coefficient (Wildman–Crippen LogP) is 2.63. The molecule has 1 unspecified atom stereocenters. The van der Waals surface area contributed by atoms with Crippen molar-refractivity contribution in [3.63, 3.8) is 0 Å². The van der Waals surface area contributed by atoms with Crippen LogP contribution in [0.3, 0.4) is 0 Å². The standard InChI is InChI=1S/C15H11FN2O3/c16-10-6-5-8(15(20)21)7-12(10)17-13-9-3-1-2-4-11(9)18-14(13)19/h1-7,13,17H,(H,18,19)(H,20,21). The Balaban J connectivity index is 1.96. The summed E-state index contributed by atoms with van der Waals surface area (Å²) >= 11 is 0. The largest absolute Gasteiger partial charge is 0.478 e. The third-order valence-corrected chi connectivity index (χ3v) is 3.31. The molecule has 1 aliphatic heterocycles. The molecule has 0 saturated carbocycles. The van der Waals surface area contributed by atoms with Crippen LogP contribution < -0.4 is 10.6 Å². The Morgan fingerprint density at radius 1 is 1.24 bits per heavy atom. The molecule has 0 aliphatic carbocycles. The highest BCUT2D eigenvalue weighted by atomic mass is 19.1. The maximum absolute atomic E-state index is 13.8. The van der Waals surface area contributed by atoms with Gasteiger partial charge in [-0.25, -0.2) is 9.18 Å². The van der Waals surface area contributed by atoms with Crippen LogP contribution in [0, 0.1) is 5.82 Å². The quantitative estimate of drug-likeness (QED) is 0.810. The minimum Gasteiger partial charge on any atom is -0.478 e. The first-order valence-electron chi connectivity index (χ1n) is 6.25. The number of carboxylic acids is 1. The van der Waals surface area contributed by atoms with Crippen LogP contribution in [0.25, 0.3) is 0 Å². The second kappa shape index (κ2) is 4.90. The van der Waals surface area contributed by atoms with Crippen molar-refractivity contribution in [2.75, 3.05) is 10.6 Å². The zero-order valence-electron chi connectivity index (χ0n) is 10.8. The van der Waals surface area contributed by atoms with Gasteiger partial charge >= 0.3 is 5.97 Å². The minimum absolute atomic E-state index is 0.0215. The van der Waals surface area contributed by atoms with Gasteiger partial charge in [0, 0.05) is 11.3 Å². The van der Waals surface area contributed by atoms with Crippen molar-refractivity contribution in [3.05, 3.63) is 59.4 Å². The number of hydrogen-bond acceptors (Lipinski definition) is 3. The van der Waals surface area contributed by atoms with E-state index in [9.17, 15) is 14.0 Å². The lowest BCUT2D eigenvalue weighted by Crippen LogP contribution is -2.20. The third kappa shape index (κ3) is 2.31. The number of carboxylic acid groups (broad SMARTS) is 1. The summed E-state index contributed by atoms with van der Waals surface area (Å²) in [5, 5.41) is 14.4. The van der Waals surface area contributed by atoms with Crippen LogP contribution in [0.2, 0.25) is 0 Å². The first-order chi connectivity index (χ1) is 10.1. The van der Waals surface area contributed by atoms with Crippen LogP contribution >= 0.6 is 0 Å². The Bertz CT molecular complexity index is 745. The molecule has 21 heavy (non-hydrogen) atoms. The molecule has 0 bridgehead atoms. The van der Waals surface area contributed by atoms with Gasteiger partial charge in [-0.3, -0.25) is 4.79 Å². The average Bonchev–Trinajstić information content (AvgIpc) is 2.77. The van der Waals surface area contributed by atoms with Crippen LogP contribution in [-0.4, -0.2) is 17.0 Å². The van der Waals surface area contributed by atoms with Crippen molar-refractivity contribution in [3.8, 4) is 0 Å². The van der Waals surface area contributed by atoms with E-state index in [0.717, 1.165) is 6.07 Å². The van der Waals surface area contributed by atoms with E-state index < -0.39 is 17.8 Å². The Kier molecular flexibility index (Phi) is 3.06. The average molecular weight is 286 g/mol. The first-order valence-corrected chi connectivity index (χ1v) is 6.25. The third-order valence-electron chi connectivity index (χ3n) is 3.31. The van der Waals surface area contributed by atoms with Crippen molar-refractivity contribution in [2.24, 2.45) is 0 Å². The molecule has 0 spiro atoms. The number of carbonyl (C=O) groups excluding carboxylic acids is 1. The van der Waals surface area contributed by atoms with E-state index in [1.54, 1.807) is 24.3 Å². The summed E-state index contributed by atoms with van der Waals surface area (Å²) in [6, 6.07) is 9.72. The number of para-hydroxylation sites is 1. The van der Waals surface area contributed by atoms with Gasteiger partial charge in [0.25, 0.3) is 5.91 Å². The second-order valence-corrected chi connectivity index (χ2v) is 4.65. The van der Waals surface area contributed by atoms with Gasteiger partial charge < -0.3 is 15.7 Å². The van der Waals surface area contributed by atoms with E-state index in [4.69, 9.17) is 5.11 Å². The number of amides is 1. The molecule has 0 aromatic heterocycles. The molecule has 3 rings (SSSR count). The first kappa shape index (κ1) is 13.1. The lowest BCUT2D eigenvalue weighted by atomic mass is 10.1. The molecule has 1 heterocycles. The van der Waals surface area contributed by atoms with Gasteiger partial charge in [0.15, 0.2) is 0 Å². The molecule has 2 aromatic rings. The number of hydrogen-bond donors (Lipinski definition) is 3. The van der Waals surface area contributed by atoms with E-state index in [1.807, 2.05) is 0 Å². The highest BCUT2D eigenvalue weighted by Crippen LogP contribution is 2.33. The van der Waals surface area contributed by atoms with Crippen molar-refractivity contribution >= 4 is 23.3 Å². The van der Waals surface area contributed by atoms with Crippen LogP contribution in [0.15, 0.2) is 42.5 Å². The Morgan fingerprint density at radius 3 is 2.76 bits per heavy atom. The molecule has 2 aromatic carbocycles. The Morgan fingerprint density at radius 2 is 2.00 bits per heavy atom. The lowest BCUT2D eigenvalue weighted by Gasteiger charge is -2.14. The summed E-state index contributed by atoms with van der Waals surface area (Å²) in [6.07, 6.45) is 0. The lowest BCUT2D eigenvalue weighted by molar-refractivity contribution is -0.116. The summed E-state index contributed by atoms with van der Waals surface area (Å²) in [4.78, 5) is 22.9. The molecule has 6 heteroatoms. The molecular formula is C15H11FN2O3. The minimum atomic E-state index is -1.16. The van der Waals surface area contributed by atoms with E-state index >= 15 is 0 Å². The molecule has 0 saturated heterocycles. The van der Waals surface area contributed by atoms with Gasteiger partial charge in [-0.05, 0) is 24.3 Å². The molecule has 1 aliphatic rings. The molecule has 106 valence electrons. The topological polar surface area (TPSA) is 78.4 Å². The Labute approximate surface area is 119 Å². The number of rotatable bonds is 3. The number of fused-ring (bicyclic) bond motifs is 1. The van der Waals surface area contributed by atoms with E-state index in [-0.39, 0.29) is 17.2 Å². The van der Waals surface area contributed by atoms with Gasteiger partial charge in [0.05, 0.1) is 11.3 Å². The van der Waals surface area contributed by atoms with Crippen LogP contribution in [0.4, 0.5) is 15.8 Å². The van der Waals surface area contributed by atoms with E-state index in [2.05, 4.69) is 10.6 Å². The number of halogens is 1. The van der Waals surface area contributed by atoms with E-state index in [1.165, 1.54) is 12.1 Å². The maximum Gasteiger partial charge on any atom is 0.335 e. The molecule has 0 radical (unpaired) electrons. The second-order valence-electron chi connectivity index (χ2n) is 4.65. The summed E-state index contributed by atoms with van der Waals surface area (Å²) in [5.41, 5.74) is 1.29. The van der Waals surface area contributed by atoms with E-state index in [0.29, 0.717) is 11.3 Å². The molecule has 5 nitrogen and oxygen atoms in total. The molecule has 1 atom stereocenters. The summed E-state index contributed by atoms with van der Waals surface area (Å²) in [7, 11) is 0. The molecule has 1 amide bonds. The highest BCUT2D eigenvalue weighted by molar-refractivity contribution is 6.04. The van der Waals surface area contributed by atoms with Crippen molar-refractivity contribution < 1.29 is 19.1 Å². The van der Waals surface area contributed by atoms with Gasteiger partial charge in [-0.2, -0.15) is 0 Å². The summed E-state index contributed by atoms with van der Waals surface area (Å²) < 4.78 is 13.8. The molecule has 3 N–H and O–H groups in total. The number of benzene rings is 2. The van der Waals surface area contributed by atoms with Crippen molar-refractivity contribution in [1.82, 2.24) is 0 Å². The van der Waals surface area contributed by atoms with Gasteiger partial charge in [0.2, 0.25) is 0 Å². The number of nitrogens with one attached hydrogen (secondary N) is 2. The molecular weight excluding hydrogens is 275 g/mol. The zero-order valence-corrected chi connectivity index (χ0v) is 10.8. The maximum atomic E-state index is 13.8. The van der Waals surface area contributed by atoms with Crippen LogP contribution in [-0.2, 0) is 4.79 Å². The van der Waals surface area contributed by atoms with Gasteiger partial charge in [0.1, 0.15) is 11.9 Å². The summed E-state index contributed by atoms with van der Waals surface area (Å²) in [6.45, 7) is 0. The SMILES string of the molecule is O=C(O)c1ccc(F)c(NC2C(=O)Nc3ccccc32)c1. The van der Waals surface area contributed by atoms with Gasteiger partial charge in [-0.15, -0.1) is 0 Å². The highest BCUT2D eigenvalue weighted by Gasteiger charge is 2.30. The fourth-order valence-corrected chi connectivity index (χ4v) is 2.28. The number of anilines is 2. The predicted molar refractivity (Wildman–Crippen MR) is 74.8 cm³/mol. The summed E-state index contributed by atoms with van der Waals surface area (Å²) in [5.74, 6) is -2.08. The smallest absolute Gasteiger partial charge is 0.335 e. The monoisotopic (exact) mass is 286 g/mol. The fraction of sp³-hybridized carbons (Fsp3) is 0.0667. The van der Waals surface area contributed by atoms with Crippen LogP contribution in [0.5, 0.6) is 0 Å². The molecule has 0 fully saturated rings. The van der Waals surface area contributed by atoms with Crippen molar-refractivity contribution in [1.29, 1.82) is 0 Å². The number of aromatic carboxylic acids is 1.